The van der Waals surface area contributed by atoms with Crippen LogP contribution in [0.3, 0.4) is 0 Å². The lowest BCUT2D eigenvalue weighted by Gasteiger charge is -2.26. The van der Waals surface area contributed by atoms with Crippen molar-refractivity contribution in [2.45, 2.75) is 46.1 Å². The van der Waals surface area contributed by atoms with Crippen molar-refractivity contribution in [3.63, 3.8) is 0 Å². The second-order valence-corrected chi connectivity index (χ2v) is 9.53. The molecule has 31 heavy (non-hydrogen) atoms. The van der Waals surface area contributed by atoms with Gasteiger partial charge in [0.1, 0.15) is 17.2 Å². The van der Waals surface area contributed by atoms with E-state index >= 15 is 0 Å². The maximum Gasteiger partial charge on any atom is 0.265 e. The number of rotatable bonds is 5. The van der Waals surface area contributed by atoms with Crippen LogP contribution in [0.1, 0.15) is 38.8 Å². The van der Waals surface area contributed by atoms with Crippen LogP contribution in [0, 0.1) is 12.8 Å². The van der Waals surface area contributed by atoms with Gasteiger partial charge in [-0.25, -0.2) is 9.38 Å². The number of nitrogens with zero attached hydrogens (tertiary/aromatic N) is 3. The molecule has 5 nitrogen and oxygen atoms in total. The van der Waals surface area contributed by atoms with E-state index in [1.165, 1.54) is 24.5 Å². The Bertz CT molecular complexity index is 903. The molecule has 1 fully saturated rings. The quantitative estimate of drug-likeness (QED) is 0.503. The van der Waals surface area contributed by atoms with Crippen LogP contribution in [0.25, 0.3) is 0 Å². The van der Waals surface area contributed by atoms with Crippen LogP contribution >= 0.6 is 8.58 Å². The molecule has 0 bridgehead atoms. The lowest BCUT2D eigenvalue weighted by atomic mass is 10.0. The van der Waals surface area contributed by atoms with Crippen LogP contribution < -0.4 is 10.2 Å². The van der Waals surface area contributed by atoms with Gasteiger partial charge in [-0.1, -0.05) is 13.0 Å². The van der Waals surface area contributed by atoms with Crippen molar-refractivity contribution in [2.24, 2.45) is 10.9 Å². The van der Waals surface area contributed by atoms with Gasteiger partial charge in [0.05, 0.1) is 11.4 Å². The minimum absolute atomic E-state index is 0.121. The van der Waals surface area contributed by atoms with Crippen molar-refractivity contribution in [3.8, 4) is 0 Å². The van der Waals surface area contributed by atoms with Gasteiger partial charge in [-0.05, 0) is 75.6 Å². The normalized spacial score (nSPS) is 26.9. The summed E-state index contributed by atoms with van der Waals surface area (Å²) in [6, 6.07) is 2.14. The van der Waals surface area contributed by atoms with E-state index in [1.807, 2.05) is 25.3 Å². The SMILES string of the molecule is CCC1/C=C/C(F)=C\C=C\N(c2ccnc(C)c2/N=C(\C)C(=O)NC2CCPCC2)C1. The summed E-state index contributed by atoms with van der Waals surface area (Å²) in [6.45, 7) is 6.42. The van der Waals surface area contributed by atoms with Crippen LogP contribution in [0.4, 0.5) is 15.8 Å². The second kappa shape index (κ2) is 11.3. The Hall–Kier alpha value is -2.33. The van der Waals surface area contributed by atoms with Crippen molar-refractivity contribution in [1.29, 1.82) is 0 Å². The van der Waals surface area contributed by atoms with Crippen molar-refractivity contribution in [2.75, 3.05) is 23.8 Å². The minimum Gasteiger partial charge on any atom is -0.348 e. The summed E-state index contributed by atoms with van der Waals surface area (Å²) in [5.41, 5.74) is 2.71. The number of halogens is 1. The monoisotopic (exact) mass is 442 g/mol. The first kappa shape index (κ1) is 23.3. The zero-order valence-corrected chi connectivity index (χ0v) is 19.6. The Labute approximate surface area is 186 Å². The van der Waals surface area contributed by atoms with E-state index in [9.17, 15) is 9.18 Å². The van der Waals surface area contributed by atoms with Crippen molar-refractivity contribution < 1.29 is 9.18 Å². The Morgan fingerprint density at radius 2 is 2.16 bits per heavy atom. The Kier molecular flexibility index (Phi) is 8.53. The highest BCUT2D eigenvalue weighted by Crippen LogP contribution is 2.33. The van der Waals surface area contributed by atoms with Gasteiger partial charge in [-0.3, -0.25) is 9.78 Å². The molecule has 0 radical (unpaired) electrons. The number of anilines is 1. The fourth-order valence-corrected chi connectivity index (χ4v) is 5.09. The third kappa shape index (κ3) is 6.57. The fraction of sp³-hybridized carbons (Fsp3) is 0.458. The zero-order chi connectivity index (χ0) is 22.2. The number of hydrogen-bond donors (Lipinski definition) is 1. The summed E-state index contributed by atoms with van der Waals surface area (Å²) in [5.74, 6) is -0.205. The summed E-state index contributed by atoms with van der Waals surface area (Å²) < 4.78 is 13.9. The van der Waals surface area contributed by atoms with Crippen molar-refractivity contribution in [1.82, 2.24) is 10.3 Å². The molecule has 1 atom stereocenters. The molecule has 7 heteroatoms. The van der Waals surface area contributed by atoms with Gasteiger partial charge in [-0.15, -0.1) is 8.58 Å². The molecule has 1 unspecified atom stereocenters. The topological polar surface area (TPSA) is 57.6 Å². The molecule has 0 spiro atoms. The Balaban J connectivity index is 1.89. The van der Waals surface area contributed by atoms with E-state index < -0.39 is 0 Å². The van der Waals surface area contributed by atoms with E-state index in [2.05, 4.69) is 22.1 Å². The molecule has 1 N–H and O–H groups in total. The third-order valence-electron chi connectivity index (χ3n) is 5.68. The van der Waals surface area contributed by atoms with E-state index in [0.717, 1.165) is 39.2 Å². The van der Waals surface area contributed by atoms with E-state index in [4.69, 9.17) is 4.99 Å². The highest BCUT2D eigenvalue weighted by Gasteiger charge is 2.19. The van der Waals surface area contributed by atoms with Crippen LogP contribution in [0.15, 0.2) is 53.6 Å². The maximum absolute atomic E-state index is 13.9. The summed E-state index contributed by atoms with van der Waals surface area (Å²) in [5, 5.41) is 3.13. The smallest absolute Gasteiger partial charge is 0.265 e. The predicted molar refractivity (Wildman–Crippen MR) is 130 cm³/mol. The third-order valence-corrected chi connectivity index (χ3v) is 6.97. The average molecular weight is 443 g/mol. The van der Waals surface area contributed by atoms with Gasteiger partial charge >= 0.3 is 0 Å². The summed E-state index contributed by atoms with van der Waals surface area (Å²) >= 11 is 0. The summed E-state index contributed by atoms with van der Waals surface area (Å²) in [7, 11) is 1.02. The average Bonchev–Trinajstić information content (AvgIpc) is 2.86. The van der Waals surface area contributed by atoms with Gasteiger partial charge in [0.25, 0.3) is 5.91 Å². The second-order valence-electron chi connectivity index (χ2n) is 8.03. The lowest BCUT2D eigenvalue weighted by Crippen LogP contribution is -2.40. The molecule has 3 rings (SSSR count). The highest BCUT2D eigenvalue weighted by atomic mass is 31.1. The Morgan fingerprint density at radius 1 is 1.39 bits per heavy atom. The maximum atomic E-state index is 13.9. The molecule has 3 heterocycles. The number of carbonyl (C=O) groups is 1. The minimum atomic E-state index is -0.267. The molecular formula is C24H32FN4OP. The first-order valence-electron chi connectivity index (χ1n) is 11.0. The number of allylic oxidation sites excluding steroid dienone is 4. The molecule has 0 saturated carbocycles. The molecule has 1 aromatic rings. The van der Waals surface area contributed by atoms with Gasteiger partial charge in [-0.2, -0.15) is 0 Å². The van der Waals surface area contributed by atoms with E-state index in [1.54, 1.807) is 19.2 Å². The lowest BCUT2D eigenvalue weighted by molar-refractivity contribution is -0.115. The van der Waals surface area contributed by atoms with Crippen LogP contribution in [-0.4, -0.2) is 41.5 Å². The van der Waals surface area contributed by atoms with Gasteiger partial charge < -0.3 is 10.2 Å². The standard InChI is InChI=1S/C24H32FN4OP/c1-4-19-7-8-20(25)6-5-13-29(16-19)22-9-12-26-17(2)23(22)27-18(3)24(30)28-21-10-14-31-15-11-21/h5-9,12-13,19,21,31H,4,10-11,14-16H2,1-3H3,(H,28,30)/b8-7+,13-5+,20-6+,27-18+. The highest BCUT2D eigenvalue weighted by molar-refractivity contribution is 7.38. The number of hydrogen-bond acceptors (Lipinski definition) is 4. The fourth-order valence-electron chi connectivity index (χ4n) is 3.73. The van der Waals surface area contributed by atoms with Gasteiger partial charge in [0.2, 0.25) is 0 Å². The molecule has 2 aliphatic heterocycles. The molecule has 166 valence electrons. The molecule has 2 aliphatic rings. The molecule has 1 amide bonds. The van der Waals surface area contributed by atoms with Crippen molar-refractivity contribution >= 4 is 31.6 Å². The van der Waals surface area contributed by atoms with Gasteiger partial charge in [0, 0.05) is 25.0 Å². The number of aliphatic imine (C=N–C) groups is 1. The first-order chi connectivity index (χ1) is 15.0. The molecule has 1 saturated heterocycles. The molecule has 1 aromatic heterocycles. The Morgan fingerprint density at radius 3 is 2.90 bits per heavy atom. The first-order valence-corrected chi connectivity index (χ1v) is 12.4. The molecule has 0 aliphatic carbocycles. The number of nitrogens with one attached hydrogen (secondary N) is 1. The van der Waals surface area contributed by atoms with Crippen LogP contribution in [0.2, 0.25) is 0 Å². The number of aromatic nitrogens is 1. The number of amides is 1. The molecular weight excluding hydrogens is 410 g/mol. The van der Waals surface area contributed by atoms with Crippen LogP contribution in [-0.2, 0) is 4.79 Å². The number of carbonyl (C=O) groups excluding carboxylic acids is 1. The largest absolute Gasteiger partial charge is 0.348 e. The zero-order valence-electron chi connectivity index (χ0n) is 18.6. The summed E-state index contributed by atoms with van der Waals surface area (Å²) in [6.07, 6.45) is 15.5. The van der Waals surface area contributed by atoms with Crippen LogP contribution in [0.5, 0.6) is 0 Å². The summed E-state index contributed by atoms with van der Waals surface area (Å²) in [4.78, 5) is 23.9. The van der Waals surface area contributed by atoms with E-state index in [0.29, 0.717) is 17.9 Å². The predicted octanol–water partition coefficient (Wildman–Crippen LogP) is 5.21. The van der Waals surface area contributed by atoms with E-state index in [-0.39, 0.29) is 23.7 Å². The van der Waals surface area contributed by atoms with Gasteiger partial charge in [0.15, 0.2) is 0 Å². The van der Waals surface area contributed by atoms with Crippen molar-refractivity contribution in [3.05, 3.63) is 54.3 Å². The molecule has 0 aromatic carbocycles. The number of pyridine rings is 1. The number of aryl methyl sites for hydroxylation is 1.